The molecule has 2 heterocycles. The highest BCUT2D eigenvalue weighted by molar-refractivity contribution is 14.1. The molecule has 0 fully saturated rings. The van der Waals surface area contributed by atoms with Crippen molar-refractivity contribution < 1.29 is 33.3 Å². The molecule has 216 valence electrons. The van der Waals surface area contributed by atoms with E-state index in [-0.39, 0.29) is 24.3 Å². The summed E-state index contributed by atoms with van der Waals surface area (Å²) in [5.74, 6) is 0.297. The Labute approximate surface area is 254 Å². The van der Waals surface area contributed by atoms with Crippen molar-refractivity contribution in [2.75, 3.05) is 34.0 Å². The Morgan fingerprint density at radius 3 is 2.46 bits per heavy atom. The van der Waals surface area contributed by atoms with Gasteiger partial charge in [0.25, 0.3) is 5.56 Å². The second kappa shape index (κ2) is 13.3. The van der Waals surface area contributed by atoms with Crippen molar-refractivity contribution >= 4 is 51.9 Å². The molecule has 1 aliphatic heterocycles. The first-order valence-corrected chi connectivity index (χ1v) is 14.6. The van der Waals surface area contributed by atoms with Crippen molar-refractivity contribution in [1.29, 1.82) is 0 Å². The fraction of sp³-hybridized carbons (Fsp3) is 0.310. The van der Waals surface area contributed by atoms with E-state index in [1.165, 1.54) is 23.0 Å². The molecule has 41 heavy (non-hydrogen) atoms. The maximum atomic E-state index is 13.9. The lowest BCUT2D eigenvalue weighted by Gasteiger charge is -2.25. The molecule has 0 N–H and O–H groups in total. The topological polar surface area (TPSA) is 115 Å². The Kier molecular flexibility index (Phi) is 9.86. The molecule has 0 radical (unpaired) electrons. The summed E-state index contributed by atoms with van der Waals surface area (Å²) < 4.78 is 29.7. The molecule has 1 aliphatic rings. The lowest BCUT2D eigenvalue weighted by atomic mass is 9.95. The Morgan fingerprint density at radius 1 is 1.05 bits per heavy atom. The third-order valence-electron chi connectivity index (χ3n) is 6.15. The number of esters is 2. The number of halogens is 1. The molecule has 0 amide bonds. The molecule has 1 aromatic heterocycles. The smallest absolute Gasteiger partial charge is 0.343 e. The van der Waals surface area contributed by atoms with Crippen LogP contribution in [0.1, 0.15) is 37.9 Å². The van der Waals surface area contributed by atoms with Gasteiger partial charge in [-0.2, -0.15) is 0 Å². The van der Waals surface area contributed by atoms with Crippen LogP contribution in [-0.4, -0.2) is 50.5 Å². The summed E-state index contributed by atoms with van der Waals surface area (Å²) in [6, 6.07) is 9.85. The number of carbonyl (C=O) groups is 2. The molecule has 12 heteroatoms. The molecule has 4 rings (SSSR count). The molecule has 0 aliphatic carbocycles. The number of aromatic nitrogens is 1. The van der Waals surface area contributed by atoms with Gasteiger partial charge in [0.05, 0.1) is 52.8 Å². The van der Waals surface area contributed by atoms with E-state index >= 15 is 0 Å². The van der Waals surface area contributed by atoms with Crippen LogP contribution in [0.15, 0.2) is 57.5 Å². The van der Waals surface area contributed by atoms with Crippen LogP contribution in [0.2, 0.25) is 0 Å². The van der Waals surface area contributed by atoms with Gasteiger partial charge in [-0.05, 0) is 84.8 Å². The molecule has 0 saturated heterocycles. The Balaban J connectivity index is 1.89. The molecular weight excluding hydrogens is 663 g/mol. The number of hydrogen-bond acceptors (Lipinski definition) is 10. The van der Waals surface area contributed by atoms with Gasteiger partial charge >= 0.3 is 11.9 Å². The first-order chi connectivity index (χ1) is 19.7. The van der Waals surface area contributed by atoms with Crippen molar-refractivity contribution in [2.45, 2.75) is 26.8 Å². The number of fused-ring (bicyclic) bond motifs is 1. The summed E-state index contributed by atoms with van der Waals surface area (Å²) in [7, 11) is 2.88. The lowest BCUT2D eigenvalue weighted by Crippen LogP contribution is -2.40. The van der Waals surface area contributed by atoms with Crippen LogP contribution in [0.3, 0.4) is 0 Å². The predicted molar refractivity (Wildman–Crippen MR) is 161 cm³/mol. The zero-order valence-corrected chi connectivity index (χ0v) is 26.2. The Morgan fingerprint density at radius 2 is 1.80 bits per heavy atom. The van der Waals surface area contributed by atoms with Gasteiger partial charge in [-0.1, -0.05) is 23.5 Å². The van der Waals surface area contributed by atoms with Gasteiger partial charge in [0.15, 0.2) is 22.9 Å². The molecule has 0 spiro atoms. The molecule has 3 aromatic rings. The standard InChI is InChI=1S/C29H29IN2O8S/c1-6-38-22-14-18(9-11-21(22)40-15-24(33)37-5)26-25(28(35)39-7-2)16(3)31-29-32(26)27(34)23(41-29)13-17-8-10-20(36-4)19(30)12-17/h8-14,26H,6-7,15H2,1-5H3/b23-13-/t26-/m1/s1. The monoisotopic (exact) mass is 692 g/mol. The second-order valence-corrected chi connectivity index (χ2v) is 10.9. The number of nitrogens with zero attached hydrogens (tertiary/aromatic N) is 2. The maximum Gasteiger partial charge on any atom is 0.343 e. The highest BCUT2D eigenvalue weighted by atomic mass is 127. The van der Waals surface area contributed by atoms with Crippen LogP contribution < -0.4 is 29.1 Å². The van der Waals surface area contributed by atoms with Gasteiger partial charge in [0.1, 0.15) is 5.75 Å². The lowest BCUT2D eigenvalue weighted by molar-refractivity contribution is -0.143. The van der Waals surface area contributed by atoms with Crippen molar-refractivity contribution in [1.82, 2.24) is 4.57 Å². The molecule has 2 aromatic carbocycles. The van der Waals surface area contributed by atoms with Crippen LogP contribution in [0.5, 0.6) is 17.2 Å². The molecule has 0 unspecified atom stereocenters. The highest BCUT2D eigenvalue weighted by Gasteiger charge is 2.34. The third-order valence-corrected chi connectivity index (χ3v) is 7.97. The first-order valence-electron chi connectivity index (χ1n) is 12.7. The minimum absolute atomic E-state index is 0.160. The minimum atomic E-state index is -0.836. The number of carbonyl (C=O) groups excluding carboxylic acids is 2. The maximum absolute atomic E-state index is 13.9. The average molecular weight is 693 g/mol. The van der Waals surface area contributed by atoms with Gasteiger partial charge in [-0.25, -0.2) is 14.6 Å². The summed E-state index contributed by atoms with van der Waals surface area (Å²) in [5, 5.41) is 0. The number of allylic oxidation sites excluding steroid dienone is 1. The van der Waals surface area contributed by atoms with Crippen molar-refractivity contribution in [3.63, 3.8) is 0 Å². The number of benzene rings is 2. The number of thiazole rings is 1. The minimum Gasteiger partial charge on any atom is -0.496 e. The van der Waals surface area contributed by atoms with Gasteiger partial charge in [0, 0.05) is 0 Å². The van der Waals surface area contributed by atoms with Crippen molar-refractivity contribution in [2.24, 2.45) is 4.99 Å². The Hall–Kier alpha value is -3.65. The number of rotatable bonds is 10. The van der Waals surface area contributed by atoms with Crippen LogP contribution in [-0.2, 0) is 19.1 Å². The second-order valence-electron chi connectivity index (χ2n) is 8.70. The number of ether oxygens (including phenoxy) is 5. The normalized spacial score (nSPS) is 14.7. The van der Waals surface area contributed by atoms with E-state index in [0.717, 1.165) is 14.9 Å². The molecule has 1 atom stereocenters. The quantitative estimate of drug-likeness (QED) is 0.235. The summed E-state index contributed by atoms with van der Waals surface area (Å²) in [5.41, 5.74) is 1.80. The summed E-state index contributed by atoms with van der Waals surface area (Å²) in [6.07, 6.45) is 1.79. The summed E-state index contributed by atoms with van der Waals surface area (Å²) in [4.78, 5) is 43.8. The zero-order chi connectivity index (χ0) is 29.7. The van der Waals surface area contributed by atoms with E-state index in [1.54, 1.807) is 45.2 Å². The van der Waals surface area contributed by atoms with Gasteiger partial charge in [-0.15, -0.1) is 0 Å². The van der Waals surface area contributed by atoms with Crippen molar-refractivity contribution in [3.05, 3.63) is 82.1 Å². The van der Waals surface area contributed by atoms with E-state index in [2.05, 4.69) is 32.3 Å². The predicted octanol–water partition coefficient (Wildman–Crippen LogP) is 3.36. The number of methoxy groups -OCH3 is 2. The third kappa shape index (κ3) is 6.48. The fourth-order valence-corrected chi connectivity index (χ4v) is 6.11. The van der Waals surface area contributed by atoms with E-state index < -0.39 is 18.0 Å². The number of hydrogen-bond donors (Lipinski definition) is 0. The van der Waals surface area contributed by atoms with E-state index in [9.17, 15) is 14.4 Å². The first kappa shape index (κ1) is 30.3. The van der Waals surface area contributed by atoms with Gasteiger partial charge in [0.2, 0.25) is 0 Å². The molecule has 0 bridgehead atoms. The average Bonchev–Trinajstić information content (AvgIpc) is 3.25. The van der Waals surface area contributed by atoms with Gasteiger partial charge in [-0.3, -0.25) is 9.36 Å². The Bertz CT molecular complexity index is 1690. The van der Waals surface area contributed by atoms with E-state index in [0.29, 0.717) is 38.7 Å². The highest BCUT2D eigenvalue weighted by Crippen LogP contribution is 2.36. The molecule has 10 nitrogen and oxygen atoms in total. The van der Waals surface area contributed by atoms with E-state index in [1.807, 2.05) is 25.1 Å². The largest absolute Gasteiger partial charge is 0.496 e. The van der Waals surface area contributed by atoms with Crippen LogP contribution >= 0.6 is 33.9 Å². The van der Waals surface area contributed by atoms with Gasteiger partial charge < -0.3 is 23.7 Å². The molecular formula is C29H29IN2O8S. The van der Waals surface area contributed by atoms with E-state index in [4.69, 9.17) is 18.9 Å². The van der Waals surface area contributed by atoms with Crippen LogP contribution in [0, 0.1) is 3.57 Å². The SMILES string of the molecule is CCOC(=O)C1=C(C)N=c2s/c(=C\c3ccc(OC)c(I)c3)c(=O)n2[C@@H]1c1ccc(OCC(=O)OC)c(OCC)c1. The summed E-state index contributed by atoms with van der Waals surface area (Å²) >= 11 is 3.41. The summed E-state index contributed by atoms with van der Waals surface area (Å²) in [6.45, 7) is 5.43. The van der Waals surface area contributed by atoms with Crippen molar-refractivity contribution in [3.8, 4) is 17.2 Å². The fourth-order valence-electron chi connectivity index (χ4n) is 4.31. The van der Waals surface area contributed by atoms with Crippen LogP contribution in [0.4, 0.5) is 0 Å². The molecule has 0 saturated carbocycles. The zero-order valence-electron chi connectivity index (χ0n) is 23.2. The van der Waals surface area contributed by atoms with Crippen LogP contribution in [0.25, 0.3) is 6.08 Å².